The van der Waals surface area contributed by atoms with Crippen molar-refractivity contribution in [3.05, 3.63) is 29.8 Å². The third kappa shape index (κ3) is 1.69. The monoisotopic (exact) mass is 282 g/mol. The lowest BCUT2D eigenvalue weighted by Gasteiger charge is -2.76. The van der Waals surface area contributed by atoms with Gasteiger partial charge in [0.2, 0.25) is 0 Å². The molecule has 3 saturated carbocycles. The number of halogens is 1. The predicted octanol–water partition coefficient (Wildman–Crippen LogP) is 3.81. The van der Waals surface area contributed by atoms with Gasteiger partial charge in [-0.15, -0.1) is 3.89 Å². The van der Waals surface area contributed by atoms with Crippen LogP contribution in [-0.2, 0) is 15.6 Å². The van der Waals surface area contributed by atoms with Crippen LogP contribution < -0.4 is 0 Å². The maximum atomic E-state index is 12.8. The van der Waals surface area contributed by atoms with Crippen molar-refractivity contribution in [3.8, 4) is 0 Å². The SMILES string of the molecule is CC(C)(C)C12CC(c3ccc(S(=O)(=O)F)cc3)(C1)C2. The van der Waals surface area contributed by atoms with Gasteiger partial charge in [0.25, 0.3) is 0 Å². The fraction of sp³-hybridized carbons (Fsp3) is 0.600. The van der Waals surface area contributed by atoms with Gasteiger partial charge in [0.1, 0.15) is 0 Å². The minimum Gasteiger partial charge on any atom is -0.189 e. The molecule has 3 aliphatic rings. The molecule has 4 rings (SSSR count). The first kappa shape index (κ1) is 13.1. The van der Waals surface area contributed by atoms with E-state index in [0.717, 1.165) is 5.56 Å². The van der Waals surface area contributed by atoms with Crippen LogP contribution >= 0.6 is 0 Å². The molecule has 0 radical (unpaired) electrons. The Balaban J connectivity index is 1.81. The second-order valence-electron chi connectivity index (χ2n) is 7.30. The lowest BCUT2D eigenvalue weighted by molar-refractivity contribution is -0.208. The van der Waals surface area contributed by atoms with Crippen molar-refractivity contribution in [2.75, 3.05) is 0 Å². The number of hydrogen-bond donors (Lipinski definition) is 0. The van der Waals surface area contributed by atoms with Crippen LogP contribution in [0.3, 0.4) is 0 Å². The first-order valence-corrected chi connectivity index (χ1v) is 8.02. The van der Waals surface area contributed by atoms with Crippen molar-refractivity contribution in [2.24, 2.45) is 10.8 Å². The van der Waals surface area contributed by atoms with Gasteiger partial charge >= 0.3 is 10.2 Å². The highest BCUT2D eigenvalue weighted by Gasteiger charge is 2.71. The molecule has 19 heavy (non-hydrogen) atoms. The minimum absolute atomic E-state index is 0.228. The highest BCUT2D eigenvalue weighted by Crippen LogP contribution is 2.79. The highest BCUT2D eigenvalue weighted by molar-refractivity contribution is 7.86. The zero-order valence-corrected chi connectivity index (χ0v) is 12.3. The Hall–Kier alpha value is -0.900. The Morgan fingerprint density at radius 1 is 1.05 bits per heavy atom. The summed E-state index contributed by atoms with van der Waals surface area (Å²) in [5, 5.41) is 0. The molecule has 0 spiro atoms. The Morgan fingerprint density at radius 3 is 1.89 bits per heavy atom. The second-order valence-corrected chi connectivity index (χ2v) is 8.65. The summed E-state index contributed by atoms with van der Waals surface area (Å²) in [6.45, 7) is 6.86. The number of hydrogen-bond acceptors (Lipinski definition) is 2. The molecule has 4 heteroatoms. The summed E-state index contributed by atoms with van der Waals surface area (Å²) < 4.78 is 34.5. The van der Waals surface area contributed by atoms with Gasteiger partial charge in [-0.05, 0) is 53.2 Å². The molecule has 0 N–H and O–H groups in total. The fourth-order valence-electron chi connectivity index (χ4n) is 3.86. The third-order valence-corrected chi connectivity index (χ3v) is 6.20. The van der Waals surface area contributed by atoms with Crippen molar-refractivity contribution < 1.29 is 12.3 Å². The molecule has 0 atom stereocenters. The second kappa shape index (κ2) is 3.40. The molecule has 3 fully saturated rings. The Labute approximate surface area is 114 Å². The maximum absolute atomic E-state index is 12.8. The largest absolute Gasteiger partial charge is 0.332 e. The molecule has 3 aliphatic carbocycles. The van der Waals surface area contributed by atoms with Gasteiger partial charge in [0, 0.05) is 0 Å². The summed E-state index contributed by atoms with van der Waals surface area (Å²) in [5.41, 5.74) is 2.17. The van der Waals surface area contributed by atoms with Crippen molar-refractivity contribution in [1.82, 2.24) is 0 Å². The molecule has 0 aliphatic heterocycles. The molecule has 2 bridgehead atoms. The smallest absolute Gasteiger partial charge is 0.189 e. The van der Waals surface area contributed by atoms with Gasteiger partial charge in [0.05, 0.1) is 4.90 Å². The highest BCUT2D eigenvalue weighted by atomic mass is 32.3. The summed E-state index contributed by atoms with van der Waals surface area (Å²) in [6, 6.07) is 6.32. The molecule has 0 heterocycles. The van der Waals surface area contributed by atoms with Crippen molar-refractivity contribution in [1.29, 1.82) is 0 Å². The zero-order chi connectivity index (χ0) is 14.1. The first-order chi connectivity index (χ1) is 8.58. The van der Waals surface area contributed by atoms with Gasteiger partial charge in [-0.1, -0.05) is 32.9 Å². The van der Waals surface area contributed by atoms with Gasteiger partial charge in [-0.2, -0.15) is 8.42 Å². The third-order valence-electron chi connectivity index (χ3n) is 5.37. The molecular formula is C15H19FO2S. The molecule has 2 nitrogen and oxygen atoms in total. The molecule has 0 aromatic heterocycles. The Kier molecular flexibility index (Phi) is 2.35. The van der Waals surface area contributed by atoms with E-state index in [1.807, 2.05) is 0 Å². The van der Waals surface area contributed by atoms with E-state index in [-0.39, 0.29) is 10.3 Å². The van der Waals surface area contributed by atoms with Crippen LogP contribution in [0.5, 0.6) is 0 Å². The summed E-state index contributed by atoms with van der Waals surface area (Å²) >= 11 is 0. The molecular weight excluding hydrogens is 263 g/mol. The quantitative estimate of drug-likeness (QED) is 0.773. The van der Waals surface area contributed by atoms with E-state index in [4.69, 9.17) is 0 Å². The van der Waals surface area contributed by atoms with E-state index in [0.29, 0.717) is 10.8 Å². The number of benzene rings is 1. The minimum atomic E-state index is -4.58. The van der Waals surface area contributed by atoms with E-state index < -0.39 is 10.2 Å². The lowest BCUT2D eigenvalue weighted by atomic mass is 9.28. The van der Waals surface area contributed by atoms with Crippen molar-refractivity contribution in [2.45, 2.75) is 50.3 Å². The van der Waals surface area contributed by atoms with Crippen LogP contribution in [0.1, 0.15) is 45.6 Å². The van der Waals surface area contributed by atoms with Gasteiger partial charge in [0.15, 0.2) is 0 Å². The van der Waals surface area contributed by atoms with Gasteiger partial charge < -0.3 is 0 Å². The zero-order valence-electron chi connectivity index (χ0n) is 11.5. The summed E-state index contributed by atoms with van der Waals surface area (Å²) in [4.78, 5) is -0.242. The van der Waals surface area contributed by atoms with E-state index in [2.05, 4.69) is 20.8 Å². The van der Waals surface area contributed by atoms with Crippen LogP contribution in [0.4, 0.5) is 3.89 Å². The summed E-state index contributed by atoms with van der Waals surface area (Å²) in [5.74, 6) is 0. The molecule has 0 saturated heterocycles. The topological polar surface area (TPSA) is 34.1 Å². The van der Waals surface area contributed by atoms with Gasteiger partial charge in [-0.25, -0.2) is 0 Å². The predicted molar refractivity (Wildman–Crippen MR) is 72.2 cm³/mol. The van der Waals surface area contributed by atoms with Crippen molar-refractivity contribution in [3.63, 3.8) is 0 Å². The normalized spacial score (nSPS) is 33.5. The molecule has 0 amide bonds. The average molecular weight is 282 g/mol. The van der Waals surface area contributed by atoms with Crippen LogP contribution in [0.2, 0.25) is 0 Å². The van der Waals surface area contributed by atoms with Gasteiger partial charge in [-0.3, -0.25) is 0 Å². The average Bonchev–Trinajstić information content (AvgIpc) is 2.10. The van der Waals surface area contributed by atoms with Crippen LogP contribution in [0.15, 0.2) is 29.2 Å². The maximum Gasteiger partial charge on any atom is 0.332 e. The van der Waals surface area contributed by atoms with E-state index in [9.17, 15) is 12.3 Å². The fourth-order valence-corrected chi connectivity index (χ4v) is 4.32. The first-order valence-electron chi connectivity index (χ1n) is 6.63. The summed E-state index contributed by atoms with van der Waals surface area (Å²) in [7, 11) is -4.58. The van der Waals surface area contributed by atoms with Crippen LogP contribution in [0.25, 0.3) is 0 Å². The lowest BCUT2D eigenvalue weighted by Crippen LogP contribution is -2.69. The van der Waals surface area contributed by atoms with Crippen LogP contribution in [0, 0.1) is 10.8 Å². The molecule has 1 aromatic carbocycles. The van der Waals surface area contributed by atoms with E-state index >= 15 is 0 Å². The van der Waals surface area contributed by atoms with E-state index in [1.165, 1.54) is 31.4 Å². The van der Waals surface area contributed by atoms with Crippen LogP contribution in [-0.4, -0.2) is 8.42 Å². The Morgan fingerprint density at radius 2 is 1.53 bits per heavy atom. The summed E-state index contributed by atoms with van der Waals surface area (Å²) in [6.07, 6.45) is 3.52. The standard InChI is InChI=1S/C15H19FO2S/c1-13(2,3)15-8-14(9-15,10-15)11-4-6-12(7-5-11)19(16,17)18/h4-7H,8-10H2,1-3H3. The van der Waals surface area contributed by atoms with E-state index in [1.54, 1.807) is 12.1 Å². The Bertz CT molecular complexity index is 603. The molecule has 0 unspecified atom stereocenters. The molecule has 1 aromatic rings. The molecule has 104 valence electrons. The van der Waals surface area contributed by atoms with Crippen molar-refractivity contribution >= 4 is 10.2 Å². The number of rotatable bonds is 2.